The number of nitrogens with one attached hydrogen (secondary N) is 1. The molecule has 4 rings (SSSR count). The van der Waals surface area contributed by atoms with E-state index in [0.29, 0.717) is 11.1 Å². The van der Waals surface area contributed by atoms with Crippen molar-refractivity contribution in [2.45, 2.75) is 37.8 Å². The van der Waals surface area contributed by atoms with Crippen LogP contribution in [0.25, 0.3) is 10.9 Å². The lowest BCUT2D eigenvalue weighted by Gasteiger charge is -2.35. The summed E-state index contributed by atoms with van der Waals surface area (Å²) < 4.78 is 39.4. The van der Waals surface area contributed by atoms with Gasteiger partial charge < -0.3 is 14.5 Å². The molecule has 9 heteroatoms. The lowest BCUT2D eigenvalue weighted by molar-refractivity contribution is -0.158. The number of carbonyl (C=O) groups excluding carboxylic acids is 2. The van der Waals surface area contributed by atoms with Crippen LogP contribution in [-0.4, -0.2) is 49.9 Å². The summed E-state index contributed by atoms with van der Waals surface area (Å²) in [6.45, 7) is 5.80. The third-order valence-electron chi connectivity index (χ3n) is 6.72. The SMILES string of the molecule is COC(=O)C(C(=O)OC)N([C@H](c1ccccc1)c1ccc2c(C)c(C)[nH]c2c1)S(=O)(=O)c1ccc(C)cc1. The standard InChI is InChI=1S/C29H30N2O6S/c1-18-11-14-23(15-12-18)38(34,35)31(27(28(32)36-4)29(33)37-5)26(21-9-7-6-8-10-21)22-13-16-24-19(2)20(3)30-25(24)17-22/h6-17,26-27,30H,1-5H3/t26-/m1/s1. The van der Waals surface area contributed by atoms with Crippen LogP contribution in [0.15, 0.2) is 77.7 Å². The number of aromatic nitrogens is 1. The minimum atomic E-state index is -4.46. The first kappa shape index (κ1) is 27.1. The number of rotatable bonds is 8. The molecule has 0 aliphatic heterocycles. The van der Waals surface area contributed by atoms with Crippen molar-refractivity contribution >= 4 is 32.9 Å². The summed E-state index contributed by atoms with van der Waals surface area (Å²) in [7, 11) is -2.26. The molecule has 0 unspecified atom stereocenters. The second-order valence-electron chi connectivity index (χ2n) is 9.09. The summed E-state index contributed by atoms with van der Waals surface area (Å²) in [5.41, 5.74) is 4.83. The molecule has 1 heterocycles. The molecule has 0 saturated heterocycles. The van der Waals surface area contributed by atoms with E-state index in [1.807, 2.05) is 39.0 Å². The molecule has 0 fully saturated rings. The summed E-state index contributed by atoms with van der Waals surface area (Å²) in [6.07, 6.45) is 0. The predicted molar refractivity (Wildman–Crippen MR) is 144 cm³/mol. The van der Waals surface area contributed by atoms with E-state index in [0.717, 1.165) is 46.2 Å². The average molecular weight is 535 g/mol. The smallest absolute Gasteiger partial charge is 0.335 e. The molecule has 0 bridgehead atoms. The third kappa shape index (κ3) is 4.94. The van der Waals surface area contributed by atoms with E-state index in [9.17, 15) is 18.0 Å². The normalized spacial score (nSPS) is 12.6. The van der Waals surface area contributed by atoms with E-state index in [1.165, 1.54) is 12.1 Å². The van der Waals surface area contributed by atoms with Crippen molar-refractivity contribution in [1.82, 2.24) is 9.29 Å². The summed E-state index contributed by atoms with van der Waals surface area (Å²) in [5.74, 6) is -2.11. The number of H-pyrrole nitrogens is 1. The number of sulfonamides is 1. The molecule has 3 aromatic carbocycles. The van der Waals surface area contributed by atoms with Crippen LogP contribution in [0.4, 0.5) is 0 Å². The molecule has 1 aromatic heterocycles. The Hall–Kier alpha value is -3.95. The maximum atomic E-state index is 14.3. The molecule has 1 N–H and O–H groups in total. The highest BCUT2D eigenvalue weighted by Crippen LogP contribution is 2.37. The van der Waals surface area contributed by atoms with E-state index in [2.05, 4.69) is 4.98 Å². The number of ether oxygens (including phenoxy) is 2. The maximum Gasteiger partial charge on any atom is 0.335 e. The van der Waals surface area contributed by atoms with Crippen molar-refractivity contribution in [3.05, 3.63) is 101 Å². The zero-order chi connectivity index (χ0) is 27.6. The molecule has 0 radical (unpaired) electrons. The van der Waals surface area contributed by atoms with Crippen LogP contribution in [0.3, 0.4) is 0 Å². The summed E-state index contributed by atoms with van der Waals surface area (Å²) in [4.78, 5) is 29.4. The fourth-order valence-electron chi connectivity index (χ4n) is 4.57. The second kappa shape index (κ2) is 10.8. The highest BCUT2D eigenvalue weighted by molar-refractivity contribution is 7.89. The van der Waals surface area contributed by atoms with Crippen LogP contribution in [0, 0.1) is 20.8 Å². The lowest BCUT2D eigenvalue weighted by atomic mass is 9.96. The first-order valence-electron chi connectivity index (χ1n) is 12.0. The Morgan fingerprint density at radius 1 is 0.816 bits per heavy atom. The fraction of sp³-hybridized carbons (Fsp3) is 0.241. The summed E-state index contributed by atoms with van der Waals surface area (Å²) >= 11 is 0. The highest BCUT2D eigenvalue weighted by Gasteiger charge is 2.47. The van der Waals surface area contributed by atoms with Crippen molar-refractivity contribution in [2.24, 2.45) is 0 Å². The Balaban J connectivity index is 2.06. The maximum absolute atomic E-state index is 14.3. The van der Waals surface area contributed by atoms with E-state index < -0.39 is 34.0 Å². The molecular weight excluding hydrogens is 504 g/mol. The van der Waals surface area contributed by atoms with Crippen molar-refractivity contribution < 1.29 is 27.5 Å². The topological polar surface area (TPSA) is 106 Å². The molecular formula is C29H30N2O6S. The number of fused-ring (bicyclic) bond motifs is 1. The molecule has 198 valence electrons. The van der Waals surface area contributed by atoms with Crippen molar-refractivity contribution in [3.8, 4) is 0 Å². The number of nitrogens with zero attached hydrogens (tertiary/aromatic N) is 1. The van der Waals surface area contributed by atoms with Crippen molar-refractivity contribution in [1.29, 1.82) is 0 Å². The molecule has 1 atom stereocenters. The summed E-state index contributed by atoms with van der Waals surface area (Å²) in [5, 5.41) is 0.989. The largest absolute Gasteiger partial charge is 0.467 e. The van der Waals surface area contributed by atoms with Gasteiger partial charge in [-0.05, 0) is 55.7 Å². The Morgan fingerprint density at radius 3 is 2.00 bits per heavy atom. The van der Waals surface area contributed by atoms with Gasteiger partial charge in [0.25, 0.3) is 0 Å². The minimum absolute atomic E-state index is 0.0746. The molecule has 38 heavy (non-hydrogen) atoms. The van der Waals surface area contributed by atoms with Gasteiger partial charge in [-0.1, -0.05) is 60.2 Å². The molecule has 0 aliphatic rings. The van der Waals surface area contributed by atoms with Gasteiger partial charge in [0.1, 0.15) is 0 Å². The zero-order valence-electron chi connectivity index (χ0n) is 21.9. The lowest BCUT2D eigenvalue weighted by Crippen LogP contribution is -2.52. The second-order valence-corrected chi connectivity index (χ2v) is 10.9. The Kier molecular flexibility index (Phi) is 7.71. The van der Waals surface area contributed by atoms with Crippen LogP contribution >= 0.6 is 0 Å². The van der Waals surface area contributed by atoms with Gasteiger partial charge >= 0.3 is 11.9 Å². The molecule has 4 aromatic rings. The fourth-order valence-corrected chi connectivity index (χ4v) is 6.26. The molecule has 0 amide bonds. The van der Waals surface area contributed by atoms with Gasteiger partial charge in [0.15, 0.2) is 0 Å². The van der Waals surface area contributed by atoms with Crippen LogP contribution in [-0.2, 0) is 29.1 Å². The third-order valence-corrected chi connectivity index (χ3v) is 8.56. The summed E-state index contributed by atoms with van der Waals surface area (Å²) in [6, 6.07) is 17.7. The number of carbonyl (C=O) groups is 2. The van der Waals surface area contributed by atoms with Gasteiger partial charge in [0, 0.05) is 16.6 Å². The van der Waals surface area contributed by atoms with E-state index in [-0.39, 0.29) is 4.90 Å². The predicted octanol–water partition coefficient (Wildman–Crippen LogP) is 4.59. The van der Waals surface area contributed by atoms with E-state index >= 15 is 0 Å². The van der Waals surface area contributed by atoms with Gasteiger partial charge in [0.2, 0.25) is 16.1 Å². The zero-order valence-corrected chi connectivity index (χ0v) is 22.7. The monoisotopic (exact) mass is 534 g/mol. The molecule has 0 aliphatic carbocycles. The number of benzene rings is 3. The van der Waals surface area contributed by atoms with Gasteiger partial charge in [-0.3, -0.25) is 0 Å². The number of methoxy groups -OCH3 is 2. The number of hydrogen-bond acceptors (Lipinski definition) is 6. The van der Waals surface area contributed by atoms with Crippen molar-refractivity contribution in [3.63, 3.8) is 0 Å². The average Bonchev–Trinajstić information content (AvgIpc) is 3.21. The Morgan fingerprint density at radius 2 is 1.42 bits per heavy atom. The quantitative estimate of drug-likeness (QED) is 0.262. The van der Waals surface area contributed by atoms with Crippen LogP contribution in [0.2, 0.25) is 0 Å². The minimum Gasteiger partial charge on any atom is -0.467 e. The number of esters is 2. The molecule has 0 spiro atoms. The highest BCUT2D eigenvalue weighted by atomic mass is 32.2. The van der Waals surface area contributed by atoms with Crippen LogP contribution in [0.1, 0.15) is 34.0 Å². The Labute approximate surface area is 222 Å². The first-order chi connectivity index (χ1) is 18.1. The van der Waals surface area contributed by atoms with Crippen LogP contribution < -0.4 is 0 Å². The van der Waals surface area contributed by atoms with Crippen molar-refractivity contribution in [2.75, 3.05) is 14.2 Å². The van der Waals surface area contributed by atoms with Gasteiger partial charge in [-0.2, -0.15) is 4.31 Å². The first-order valence-corrected chi connectivity index (χ1v) is 13.4. The number of aromatic amines is 1. The van der Waals surface area contributed by atoms with Gasteiger partial charge in [-0.25, -0.2) is 18.0 Å². The van der Waals surface area contributed by atoms with Crippen LogP contribution in [0.5, 0.6) is 0 Å². The van der Waals surface area contributed by atoms with Gasteiger partial charge in [0.05, 0.1) is 25.2 Å². The number of hydrogen-bond donors (Lipinski definition) is 1. The van der Waals surface area contributed by atoms with E-state index in [4.69, 9.17) is 9.47 Å². The molecule has 0 saturated carbocycles. The number of aryl methyl sites for hydroxylation is 3. The van der Waals surface area contributed by atoms with E-state index in [1.54, 1.807) is 42.5 Å². The molecule has 8 nitrogen and oxygen atoms in total. The Bertz CT molecular complexity index is 1560. The van der Waals surface area contributed by atoms with Gasteiger partial charge in [-0.15, -0.1) is 0 Å².